The molecule has 0 unspecified atom stereocenters. The SMILES string of the molecule is COC(=O)/C=C/c1ccc(NCCc2nccnc2C)nc1. The highest BCUT2D eigenvalue weighted by molar-refractivity contribution is 5.86. The van der Waals surface area contributed by atoms with Crippen molar-refractivity contribution in [3.05, 3.63) is 53.8 Å². The summed E-state index contributed by atoms with van der Waals surface area (Å²) in [4.78, 5) is 23.8. The molecule has 2 aromatic heterocycles. The highest BCUT2D eigenvalue weighted by Gasteiger charge is 2.00. The van der Waals surface area contributed by atoms with Crippen LogP contribution in [0.25, 0.3) is 6.08 Å². The van der Waals surface area contributed by atoms with Crippen molar-refractivity contribution in [1.82, 2.24) is 15.0 Å². The number of nitrogens with one attached hydrogen (secondary N) is 1. The van der Waals surface area contributed by atoms with Gasteiger partial charge in [-0.1, -0.05) is 0 Å². The van der Waals surface area contributed by atoms with Crippen LogP contribution in [0, 0.1) is 6.92 Å². The molecule has 6 nitrogen and oxygen atoms in total. The number of hydrogen-bond donors (Lipinski definition) is 1. The predicted octanol–water partition coefficient (Wildman–Crippen LogP) is 2.02. The van der Waals surface area contributed by atoms with Crippen molar-refractivity contribution in [2.75, 3.05) is 19.0 Å². The van der Waals surface area contributed by atoms with Crippen LogP contribution in [0.15, 0.2) is 36.8 Å². The molecule has 2 rings (SSSR count). The lowest BCUT2D eigenvalue weighted by atomic mass is 10.2. The Balaban J connectivity index is 1.85. The number of anilines is 1. The van der Waals surface area contributed by atoms with Crippen molar-refractivity contribution in [3.8, 4) is 0 Å². The normalized spacial score (nSPS) is 10.6. The molecule has 2 aromatic rings. The summed E-state index contributed by atoms with van der Waals surface area (Å²) in [5.74, 6) is 0.387. The van der Waals surface area contributed by atoms with Gasteiger partial charge in [-0.15, -0.1) is 0 Å². The van der Waals surface area contributed by atoms with Crippen LogP contribution in [0.3, 0.4) is 0 Å². The van der Waals surface area contributed by atoms with Crippen LogP contribution in [-0.2, 0) is 16.0 Å². The van der Waals surface area contributed by atoms with Crippen LogP contribution in [0.5, 0.6) is 0 Å². The molecule has 2 heterocycles. The smallest absolute Gasteiger partial charge is 0.330 e. The van der Waals surface area contributed by atoms with Crippen molar-refractivity contribution in [3.63, 3.8) is 0 Å². The maximum absolute atomic E-state index is 11.0. The fraction of sp³-hybridized carbons (Fsp3) is 0.250. The van der Waals surface area contributed by atoms with E-state index >= 15 is 0 Å². The maximum Gasteiger partial charge on any atom is 0.330 e. The molecule has 0 saturated heterocycles. The van der Waals surface area contributed by atoms with Crippen LogP contribution in [0.4, 0.5) is 5.82 Å². The van der Waals surface area contributed by atoms with Gasteiger partial charge in [0.15, 0.2) is 0 Å². The van der Waals surface area contributed by atoms with Gasteiger partial charge in [0, 0.05) is 37.6 Å². The zero-order valence-corrected chi connectivity index (χ0v) is 12.6. The van der Waals surface area contributed by atoms with E-state index in [9.17, 15) is 4.79 Å². The predicted molar refractivity (Wildman–Crippen MR) is 84.2 cm³/mol. The second kappa shape index (κ2) is 7.87. The van der Waals surface area contributed by atoms with Gasteiger partial charge in [0.1, 0.15) is 5.82 Å². The minimum Gasteiger partial charge on any atom is -0.466 e. The third-order valence-corrected chi connectivity index (χ3v) is 3.05. The molecule has 0 bridgehead atoms. The first kappa shape index (κ1) is 15.6. The van der Waals surface area contributed by atoms with Gasteiger partial charge in [0.25, 0.3) is 0 Å². The lowest BCUT2D eigenvalue weighted by Crippen LogP contribution is -2.08. The Bertz CT molecular complexity index is 653. The number of methoxy groups -OCH3 is 1. The molecule has 0 aliphatic heterocycles. The molecular formula is C16H18N4O2. The summed E-state index contributed by atoms with van der Waals surface area (Å²) in [6, 6.07) is 3.74. The maximum atomic E-state index is 11.0. The van der Waals surface area contributed by atoms with Gasteiger partial charge in [0.05, 0.1) is 18.5 Å². The summed E-state index contributed by atoms with van der Waals surface area (Å²) in [5.41, 5.74) is 2.76. The van der Waals surface area contributed by atoms with E-state index in [1.54, 1.807) is 24.7 Å². The number of aromatic nitrogens is 3. The molecule has 0 amide bonds. The quantitative estimate of drug-likeness (QED) is 0.649. The zero-order valence-electron chi connectivity index (χ0n) is 12.6. The average molecular weight is 298 g/mol. The number of rotatable bonds is 6. The van der Waals surface area contributed by atoms with E-state index in [1.165, 1.54) is 13.2 Å². The number of hydrogen-bond acceptors (Lipinski definition) is 6. The molecular weight excluding hydrogens is 280 g/mol. The molecule has 114 valence electrons. The lowest BCUT2D eigenvalue weighted by Gasteiger charge is -2.06. The van der Waals surface area contributed by atoms with Crippen LogP contribution in [-0.4, -0.2) is 34.6 Å². The van der Waals surface area contributed by atoms with Crippen LogP contribution < -0.4 is 5.32 Å². The summed E-state index contributed by atoms with van der Waals surface area (Å²) in [6.45, 7) is 2.67. The van der Waals surface area contributed by atoms with Gasteiger partial charge in [-0.25, -0.2) is 9.78 Å². The summed E-state index contributed by atoms with van der Waals surface area (Å²) in [6.07, 6.45) is 8.88. The molecule has 0 spiro atoms. The fourth-order valence-electron chi connectivity index (χ4n) is 1.83. The summed E-state index contributed by atoms with van der Waals surface area (Å²) >= 11 is 0. The van der Waals surface area contributed by atoms with Gasteiger partial charge < -0.3 is 10.1 Å². The van der Waals surface area contributed by atoms with Crippen molar-refractivity contribution in [2.45, 2.75) is 13.3 Å². The standard InChI is InChI=1S/C16H18N4O2/c1-12-14(18-10-9-17-12)7-8-19-15-5-3-13(11-20-15)4-6-16(21)22-2/h3-6,9-11H,7-8H2,1-2H3,(H,19,20)/b6-4+. The molecule has 22 heavy (non-hydrogen) atoms. The third kappa shape index (κ3) is 4.66. The number of carbonyl (C=O) groups excluding carboxylic acids is 1. The molecule has 0 atom stereocenters. The fourth-order valence-corrected chi connectivity index (χ4v) is 1.83. The van der Waals surface area contributed by atoms with E-state index in [1.807, 2.05) is 19.1 Å². The van der Waals surface area contributed by atoms with Crippen molar-refractivity contribution < 1.29 is 9.53 Å². The second-order valence-electron chi connectivity index (χ2n) is 4.60. The minimum atomic E-state index is -0.387. The molecule has 0 aliphatic rings. The topological polar surface area (TPSA) is 77.0 Å². The molecule has 0 saturated carbocycles. The van der Waals surface area contributed by atoms with E-state index in [0.29, 0.717) is 0 Å². The Hall–Kier alpha value is -2.76. The molecule has 0 fully saturated rings. The average Bonchev–Trinajstić information content (AvgIpc) is 2.55. The number of aryl methyl sites for hydroxylation is 1. The summed E-state index contributed by atoms with van der Waals surface area (Å²) in [7, 11) is 1.34. The number of esters is 1. The van der Waals surface area contributed by atoms with E-state index < -0.39 is 0 Å². The number of ether oxygens (including phenoxy) is 1. The van der Waals surface area contributed by atoms with Crippen LogP contribution >= 0.6 is 0 Å². The highest BCUT2D eigenvalue weighted by Crippen LogP contribution is 2.07. The van der Waals surface area contributed by atoms with Crippen LogP contribution in [0.2, 0.25) is 0 Å². The molecule has 0 aromatic carbocycles. The summed E-state index contributed by atoms with van der Waals surface area (Å²) < 4.78 is 4.53. The summed E-state index contributed by atoms with van der Waals surface area (Å²) in [5, 5.41) is 3.23. The number of pyridine rings is 1. The van der Waals surface area contributed by atoms with Gasteiger partial charge >= 0.3 is 5.97 Å². The first-order valence-corrected chi connectivity index (χ1v) is 6.91. The van der Waals surface area contributed by atoms with Gasteiger partial charge in [0.2, 0.25) is 0 Å². The Morgan fingerprint density at radius 1 is 1.27 bits per heavy atom. The first-order valence-electron chi connectivity index (χ1n) is 6.91. The Kier molecular flexibility index (Phi) is 5.59. The van der Waals surface area contributed by atoms with E-state index in [-0.39, 0.29) is 5.97 Å². The Morgan fingerprint density at radius 2 is 2.09 bits per heavy atom. The molecule has 0 radical (unpaired) electrons. The number of carbonyl (C=O) groups is 1. The molecule has 6 heteroatoms. The molecule has 1 N–H and O–H groups in total. The van der Waals surface area contributed by atoms with Crippen molar-refractivity contribution >= 4 is 17.9 Å². The zero-order chi connectivity index (χ0) is 15.8. The van der Waals surface area contributed by atoms with Gasteiger partial charge in [-0.3, -0.25) is 9.97 Å². The second-order valence-corrected chi connectivity index (χ2v) is 4.60. The van der Waals surface area contributed by atoms with E-state index in [0.717, 1.165) is 35.7 Å². The largest absolute Gasteiger partial charge is 0.466 e. The molecule has 0 aliphatic carbocycles. The van der Waals surface area contributed by atoms with Crippen molar-refractivity contribution in [2.24, 2.45) is 0 Å². The van der Waals surface area contributed by atoms with E-state index in [2.05, 4.69) is 25.0 Å². The van der Waals surface area contributed by atoms with Crippen LogP contribution in [0.1, 0.15) is 17.0 Å². The lowest BCUT2D eigenvalue weighted by molar-refractivity contribution is -0.134. The Labute approximate surface area is 129 Å². The first-order chi connectivity index (χ1) is 10.7. The van der Waals surface area contributed by atoms with Crippen molar-refractivity contribution in [1.29, 1.82) is 0 Å². The minimum absolute atomic E-state index is 0.387. The third-order valence-electron chi connectivity index (χ3n) is 3.05. The number of nitrogens with zero attached hydrogens (tertiary/aromatic N) is 3. The highest BCUT2D eigenvalue weighted by atomic mass is 16.5. The van der Waals surface area contributed by atoms with Gasteiger partial charge in [-0.2, -0.15) is 0 Å². The monoisotopic (exact) mass is 298 g/mol. The van der Waals surface area contributed by atoms with E-state index in [4.69, 9.17) is 0 Å². The Morgan fingerprint density at radius 3 is 2.77 bits per heavy atom. The van der Waals surface area contributed by atoms with Gasteiger partial charge in [-0.05, 0) is 30.7 Å².